The van der Waals surface area contributed by atoms with E-state index in [4.69, 9.17) is 14.7 Å². The maximum atomic E-state index is 12.9. The van der Waals surface area contributed by atoms with Crippen molar-refractivity contribution in [1.82, 2.24) is 0 Å². The number of hydrogen-bond acceptors (Lipinski definition) is 4. The van der Waals surface area contributed by atoms with Crippen LogP contribution in [0.2, 0.25) is 0 Å². The third-order valence-electron chi connectivity index (χ3n) is 3.92. The van der Waals surface area contributed by atoms with Crippen LogP contribution >= 0.6 is 0 Å². The zero-order valence-electron chi connectivity index (χ0n) is 14.8. The molecule has 3 rings (SSSR count). The molecule has 0 saturated heterocycles. The maximum absolute atomic E-state index is 12.9. The summed E-state index contributed by atoms with van der Waals surface area (Å²) < 4.78 is 11.1. The van der Waals surface area contributed by atoms with Crippen LogP contribution in [0, 0.1) is 11.3 Å². The predicted octanol–water partition coefficient (Wildman–Crippen LogP) is 4.33. The van der Waals surface area contributed by atoms with Crippen molar-refractivity contribution in [3.8, 4) is 17.6 Å². The van der Waals surface area contributed by atoms with Gasteiger partial charge in [-0.05, 0) is 36.4 Å². The molecule has 0 radical (unpaired) electrons. The number of rotatable bonds is 6. The second-order valence-corrected chi connectivity index (χ2v) is 5.77. The Hall–Kier alpha value is -3.78. The van der Waals surface area contributed by atoms with Gasteiger partial charge in [0.2, 0.25) is 6.10 Å². The monoisotopic (exact) mass is 358 g/mol. The number of carbonyl (C=O) groups is 1. The predicted molar refractivity (Wildman–Crippen MR) is 103 cm³/mol. The third kappa shape index (κ3) is 4.65. The summed E-state index contributed by atoms with van der Waals surface area (Å²) in [6.07, 6.45) is -0.842. The molecule has 5 heteroatoms. The number of nitrogens with zero attached hydrogens (tertiary/aromatic N) is 1. The van der Waals surface area contributed by atoms with Crippen molar-refractivity contribution in [2.75, 3.05) is 12.4 Å². The number of methoxy groups -OCH3 is 1. The molecule has 134 valence electrons. The highest BCUT2D eigenvalue weighted by Gasteiger charge is 2.23. The van der Waals surface area contributed by atoms with Crippen LogP contribution in [0.3, 0.4) is 0 Å². The first-order valence-electron chi connectivity index (χ1n) is 8.36. The number of amides is 1. The Morgan fingerprint density at radius 2 is 1.70 bits per heavy atom. The fourth-order valence-corrected chi connectivity index (χ4v) is 2.55. The highest BCUT2D eigenvalue weighted by molar-refractivity contribution is 5.95. The molecule has 1 amide bonds. The molecule has 1 N–H and O–H groups in total. The number of benzene rings is 3. The molecule has 0 bridgehead atoms. The van der Waals surface area contributed by atoms with E-state index < -0.39 is 6.10 Å². The number of carbonyl (C=O) groups excluding carboxylic acids is 1. The highest BCUT2D eigenvalue weighted by Crippen LogP contribution is 2.25. The minimum Gasteiger partial charge on any atom is -0.497 e. The number of ether oxygens (including phenoxy) is 2. The Labute approximate surface area is 157 Å². The standard InChI is InChI=1S/C22H18N2O3/c1-26-20-9-5-8-18(14-20)24-22(25)21(17-6-3-2-4-7-17)27-19-12-10-16(15-23)11-13-19/h2-14,21H,1H3,(H,24,25)/t21-/m1/s1. The second kappa shape index (κ2) is 8.54. The van der Waals surface area contributed by atoms with Gasteiger partial charge in [0.25, 0.3) is 5.91 Å². The molecule has 0 aliphatic carbocycles. The molecule has 0 fully saturated rings. The fraction of sp³-hybridized carbons (Fsp3) is 0.0909. The average Bonchev–Trinajstić information content (AvgIpc) is 2.73. The van der Waals surface area contributed by atoms with Crippen molar-refractivity contribution in [2.45, 2.75) is 6.10 Å². The van der Waals surface area contributed by atoms with Gasteiger partial charge < -0.3 is 14.8 Å². The van der Waals surface area contributed by atoms with Gasteiger partial charge in [-0.1, -0.05) is 36.4 Å². The number of nitriles is 1. The van der Waals surface area contributed by atoms with E-state index in [9.17, 15) is 4.79 Å². The first-order valence-corrected chi connectivity index (χ1v) is 8.36. The first-order chi connectivity index (χ1) is 13.2. The van der Waals surface area contributed by atoms with E-state index in [-0.39, 0.29) is 5.91 Å². The minimum absolute atomic E-state index is 0.307. The normalized spacial score (nSPS) is 11.1. The van der Waals surface area contributed by atoms with E-state index in [0.717, 1.165) is 5.56 Å². The Morgan fingerprint density at radius 3 is 2.37 bits per heavy atom. The number of hydrogen-bond donors (Lipinski definition) is 1. The zero-order chi connectivity index (χ0) is 19.1. The van der Waals surface area contributed by atoms with Gasteiger partial charge in [-0.2, -0.15) is 5.26 Å². The molecular formula is C22H18N2O3. The highest BCUT2D eigenvalue weighted by atomic mass is 16.5. The molecule has 1 atom stereocenters. The van der Waals surface area contributed by atoms with Crippen molar-refractivity contribution in [2.24, 2.45) is 0 Å². The molecule has 3 aromatic carbocycles. The molecule has 27 heavy (non-hydrogen) atoms. The van der Waals surface area contributed by atoms with E-state index in [1.165, 1.54) is 0 Å². The van der Waals surface area contributed by atoms with Gasteiger partial charge in [-0.3, -0.25) is 4.79 Å². The number of nitrogens with one attached hydrogen (secondary N) is 1. The molecule has 3 aromatic rings. The van der Waals surface area contributed by atoms with Gasteiger partial charge in [0.1, 0.15) is 11.5 Å². The van der Waals surface area contributed by atoms with E-state index in [0.29, 0.717) is 22.7 Å². The Kier molecular flexibility index (Phi) is 5.70. The van der Waals surface area contributed by atoms with Gasteiger partial charge >= 0.3 is 0 Å². The summed E-state index contributed by atoms with van der Waals surface area (Å²) in [6, 6.07) is 25.1. The van der Waals surface area contributed by atoms with Gasteiger partial charge in [0.05, 0.1) is 18.7 Å². The number of anilines is 1. The van der Waals surface area contributed by atoms with E-state index in [1.807, 2.05) is 30.3 Å². The molecule has 0 aliphatic heterocycles. The van der Waals surface area contributed by atoms with Gasteiger partial charge in [0, 0.05) is 17.3 Å². The summed E-state index contributed by atoms with van der Waals surface area (Å²) in [6.45, 7) is 0. The molecule has 0 saturated carbocycles. The Morgan fingerprint density at radius 1 is 0.963 bits per heavy atom. The molecule has 0 aliphatic rings. The Bertz CT molecular complexity index is 947. The van der Waals surface area contributed by atoms with E-state index >= 15 is 0 Å². The summed E-state index contributed by atoms with van der Waals surface area (Å²) in [7, 11) is 1.57. The third-order valence-corrected chi connectivity index (χ3v) is 3.92. The fourth-order valence-electron chi connectivity index (χ4n) is 2.55. The SMILES string of the molecule is COc1cccc(NC(=O)[C@H](Oc2ccc(C#N)cc2)c2ccccc2)c1. The van der Waals surface area contributed by atoms with Crippen LogP contribution in [-0.2, 0) is 4.79 Å². The van der Waals surface area contributed by atoms with Crippen molar-refractivity contribution in [1.29, 1.82) is 5.26 Å². The van der Waals surface area contributed by atoms with E-state index in [1.54, 1.807) is 55.6 Å². The summed E-state index contributed by atoms with van der Waals surface area (Å²) in [5.41, 5.74) is 1.87. The lowest BCUT2D eigenvalue weighted by Crippen LogP contribution is -2.25. The summed E-state index contributed by atoms with van der Waals surface area (Å²) in [4.78, 5) is 12.9. The van der Waals surface area contributed by atoms with Crippen molar-refractivity contribution in [3.63, 3.8) is 0 Å². The van der Waals surface area contributed by atoms with Crippen LogP contribution in [0.5, 0.6) is 11.5 Å². The topological polar surface area (TPSA) is 71.3 Å². The lowest BCUT2D eigenvalue weighted by atomic mass is 10.1. The lowest BCUT2D eigenvalue weighted by molar-refractivity contribution is -0.123. The quantitative estimate of drug-likeness (QED) is 0.712. The average molecular weight is 358 g/mol. The molecule has 5 nitrogen and oxygen atoms in total. The van der Waals surface area contributed by atoms with Crippen LogP contribution in [0.4, 0.5) is 5.69 Å². The molecule has 0 aromatic heterocycles. The molecule has 0 spiro atoms. The van der Waals surface area contributed by atoms with Gasteiger partial charge in [0.15, 0.2) is 0 Å². The van der Waals surface area contributed by atoms with Crippen molar-refractivity contribution < 1.29 is 14.3 Å². The molecule has 0 unspecified atom stereocenters. The van der Waals surface area contributed by atoms with E-state index in [2.05, 4.69) is 11.4 Å². The molecular weight excluding hydrogens is 340 g/mol. The smallest absolute Gasteiger partial charge is 0.270 e. The summed E-state index contributed by atoms with van der Waals surface area (Å²) in [5.74, 6) is 0.847. The largest absolute Gasteiger partial charge is 0.497 e. The first kappa shape index (κ1) is 18.0. The van der Waals surface area contributed by atoms with Crippen LogP contribution in [-0.4, -0.2) is 13.0 Å². The van der Waals surface area contributed by atoms with Crippen LogP contribution in [0.25, 0.3) is 0 Å². The minimum atomic E-state index is -0.842. The lowest BCUT2D eigenvalue weighted by Gasteiger charge is -2.19. The van der Waals surface area contributed by atoms with Crippen molar-refractivity contribution in [3.05, 3.63) is 90.0 Å². The van der Waals surface area contributed by atoms with Gasteiger partial charge in [-0.25, -0.2) is 0 Å². The van der Waals surface area contributed by atoms with Crippen molar-refractivity contribution >= 4 is 11.6 Å². The summed E-state index contributed by atoms with van der Waals surface area (Å²) >= 11 is 0. The molecule has 0 heterocycles. The van der Waals surface area contributed by atoms with Crippen LogP contribution < -0.4 is 14.8 Å². The van der Waals surface area contributed by atoms with Gasteiger partial charge in [-0.15, -0.1) is 0 Å². The van der Waals surface area contributed by atoms with Crippen LogP contribution in [0.1, 0.15) is 17.2 Å². The second-order valence-electron chi connectivity index (χ2n) is 5.77. The van der Waals surface area contributed by atoms with Crippen LogP contribution in [0.15, 0.2) is 78.9 Å². The maximum Gasteiger partial charge on any atom is 0.270 e. The summed E-state index contributed by atoms with van der Waals surface area (Å²) in [5, 5.41) is 11.8. The zero-order valence-corrected chi connectivity index (χ0v) is 14.8. The Balaban J connectivity index is 1.84.